The van der Waals surface area contributed by atoms with Crippen molar-refractivity contribution in [3.63, 3.8) is 0 Å². The number of nitrogens with zero attached hydrogens (tertiary/aromatic N) is 2. The van der Waals surface area contributed by atoms with E-state index in [0.29, 0.717) is 13.1 Å². The Morgan fingerprint density at radius 3 is 2.53 bits per heavy atom. The fourth-order valence-electron chi connectivity index (χ4n) is 1.53. The van der Waals surface area contributed by atoms with E-state index in [1.165, 1.54) is 18.3 Å². The first-order valence-corrected chi connectivity index (χ1v) is 5.93. The summed E-state index contributed by atoms with van der Waals surface area (Å²) in [6, 6.07) is 2.72. The highest BCUT2D eigenvalue weighted by Crippen LogP contribution is 2.17. The largest absolute Gasteiger partial charge is 0.405 e. The molecule has 0 saturated carbocycles. The molecule has 1 aromatic rings. The number of hydrogen-bond donors (Lipinski definition) is 1. The van der Waals surface area contributed by atoms with Crippen LogP contribution < -0.4 is 5.32 Å². The van der Waals surface area contributed by atoms with E-state index in [-0.39, 0.29) is 17.3 Å². The van der Waals surface area contributed by atoms with Crippen LogP contribution in [0.15, 0.2) is 18.3 Å². The Morgan fingerprint density at radius 1 is 1.37 bits per heavy atom. The molecule has 0 saturated heterocycles. The van der Waals surface area contributed by atoms with E-state index in [4.69, 9.17) is 0 Å². The molecule has 106 valence electrons. The summed E-state index contributed by atoms with van der Waals surface area (Å²) in [5.41, 5.74) is 0.360. The minimum Gasteiger partial charge on any atom is -0.376 e. The number of anilines is 1. The first-order chi connectivity index (χ1) is 8.87. The molecule has 19 heavy (non-hydrogen) atoms. The van der Waals surface area contributed by atoms with E-state index < -0.39 is 12.7 Å². The Kier molecular flexibility index (Phi) is 5.14. The van der Waals surface area contributed by atoms with Gasteiger partial charge in [0.25, 0.3) is 5.91 Å². The Balaban J connectivity index is 2.79. The summed E-state index contributed by atoms with van der Waals surface area (Å²) in [7, 11) is 0. The van der Waals surface area contributed by atoms with Gasteiger partial charge in [0.15, 0.2) is 0 Å². The van der Waals surface area contributed by atoms with Crippen LogP contribution in [0.5, 0.6) is 0 Å². The van der Waals surface area contributed by atoms with E-state index in [9.17, 15) is 18.0 Å². The van der Waals surface area contributed by atoms with Crippen molar-refractivity contribution >= 4 is 11.6 Å². The summed E-state index contributed by atoms with van der Waals surface area (Å²) in [6.07, 6.45) is -2.98. The fourth-order valence-corrected chi connectivity index (χ4v) is 1.53. The van der Waals surface area contributed by atoms with Crippen LogP contribution in [0, 0.1) is 0 Å². The van der Waals surface area contributed by atoms with Crippen LogP contribution in [0.1, 0.15) is 24.3 Å². The first kappa shape index (κ1) is 15.3. The topological polar surface area (TPSA) is 45.2 Å². The average molecular weight is 275 g/mol. The van der Waals surface area contributed by atoms with Crippen molar-refractivity contribution in [2.24, 2.45) is 0 Å². The van der Waals surface area contributed by atoms with Crippen molar-refractivity contribution in [3.8, 4) is 0 Å². The Hall–Kier alpha value is -1.79. The second kappa shape index (κ2) is 6.40. The van der Waals surface area contributed by atoms with Gasteiger partial charge in [-0.2, -0.15) is 13.2 Å². The van der Waals surface area contributed by atoms with Gasteiger partial charge in [-0.1, -0.05) is 0 Å². The van der Waals surface area contributed by atoms with Gasteiger partial charge in [0.2, 0.25) is 0 Å². The molecule has 0 aromatic carbocycles. The van der Waals surface area contributed by atoms with Crippen molar-refractivity contribution in [3.05, 3.63) is 24.0 Å². The van der Waals surface area contributed by atoms with Gasteiger partial charge in [-0.3, -0.25) is 9.78 Å². The second-order valence-electron chi connectivity index (χ2n) is 3.88. The molecule has 0 aliphatic carbocycles. The maximum absolute atomic E-state index is 12.1. The third-order valence-corrected chi connectivity index (χ3v) is 2.52. The number of carbonyl (C=O) groups excluding carboxylic acids is 1. The lowest BCUT2D eigenvalue weighted by Gasteiger charge is -2.18. The van der Waals surface area contributed by atoms with Gasteiger partial charge >= 0.3 is 6.18 Å². The predicted molar refractivity (Wildman–Crippen MR) is 66.0 cm³/mol. The molecule has 1 rings (SSSR count). The maximum atomic E-state index is 12.1. The molecule has 0 unspecified atom stereocenters. The van der Waals surface area contributed by atoms with Gasteiger partial charge in [-0.25, -0.2) is 0 Å². The van der Waals surface area contributed by atoms with Crippen LogP contribution in [-0.2, 0) is 0 Å². The second-order valence-corrected chi connectivity index (χ2v) is 3.88. The number of aromatic nitrogens is 1. The molecule has 0 spiro atoms. The normalized spacial score (nSPS) is 11.2. The average Bonchev–Trinajstić information content (AvgIpc) is 2.37. The molecule has 1 N–H and O–H groups in total. The molecule has 0 aliphatic heterocycles. The lowest BCUT2D eigenvalue weighted by molar-refractivity contribution is -0.115. The predicted octanol–water partition coefficient (Wildman–Crippen LogP) is 2.54. The highest BCUT2D eigenvalue weighted by atomic mass is 19.4. The number of pyridine rings is 1. The summed E-state index contributed by atoms with van der Waals surface area (Å²) in [4.78, 5) is 17.4. The van der Waals surface area contributed by atoms with Gasteiger partial charge in [0.1, 0.15) is 12.2 Å². The highest BCUT2D eigenvalue weighted by molar-refractivity contribution is 5.93. The van der Waals surface area contributed by atoms with Gasteiger partial charge < -0.3 is 10.2 Å². The van der Waals surface area contributed by atoms with Crippen molar-refractivity contribution in [2.75, 3.05) is 25.0 Å². The molecule has 0 aliphatic rings. The number of amides is 1. The highest BCUT2D eigenvalue weighted by Gasteiger charge is 2.26. The first-order valence-electron chi connectivity index (χ1n) is 5.93. The number of rotatable bonds is 5. The zero-order valence-corrected chi connectivity index (χ0v) is 10.8. The van der Waals surface area contributed by atoms with Crippen LogP contribution in [0.4, 0.5) is 18.9 Å². The molecular weight excluding hydrogens is 259 g/mol. The maximum Gasteiger partial charge on any atom is 0.405 e. The smallest absolute Gasteiger partial charge is 0.376 e. The minimum absolute atomic E-state index is 0.135. The van der Waals surface area contributed by atoms with Gasteiger partial charge in [-0.05, 0) is 26.0 Å². The van der Waals surface area contributed by atoms with Crippen LogP contribution in [0.2, 0.25) is 0 Å². The van der Waals surface area contributed by atoms with E-state index >= 15 is 0 Å². The molecule has 7 heteroatoms. The Labute approximate surface area is 109 Å². The molecule has 1 heterocycles. The summed E-state index contributed by atoms with van der Waals surface area (Å²) < 4.78 is 36.3. The van der Waals surface area contributed by atoms with Crippen molar-refractivity contribution in [1.29, 1.82) is 0 Å². The van der Waals surface area contributed by atoms with Crippen molar-refractivity contribution < 1.29 is 18.0 Å². The lowest BCUT2D eigenvalue weighted by atomic mass is 10.2. The summed E-state index contributed by atoms with van der Waals surface area (Å²) in [5.74, 6) is -0.291. The number of alkyl halides is 3. The quantitative estimate of drug-likeness (QED) is 0.898. The molecule has 0 bridgehead atoms. The summed E-state index contributed by atoms with van der Waals surface area (Å²) in [6.45, 7) is 3.56. The lowest BCUT2D eigenvalue weighted by Crippen LogP contribution is -2.31. The number of halogens is 3. The Bertz CT molecular complexity index is 430. The van der Waals surface area contributed by atoms with Crippen molar-refractivity contribution in [2.45, 2.75) is 20.0 Å². The molecule has 1 aromatic heterocycles. The van der Waals surface area contributed by atoms with Gasteiger partial charge in [0.05, 0.1) is 0 Å². The van der Waals surface area contributed by atoms with Crippen LogP contribution in [0.3, 0.4) is 0 Å². The van der Waals surface area contributed by atoms with Crippen LogP contribution in [-0.4, -0.2) is 41.6 Å². The number of carbonyl (C=O) groups is 1. The molecule has 0 atom stereocenters. The third kappa shape index (κ3) is 4.76. The Morgan fingerprint density at radius 2 is 2.00 bits per heavy atom. The standard InChI is InChI=1S/C12H16F3N3O/c1-3-18(4-2)11(19)10-7-9(5-6-16-10)17-8-12(13,14)15/h5-7H,3-4,8H2,1-2H3,(H,16,17). The summed E-state index contributed by atoms with van der Waals surface area (Å²) in [5, 5.41) is 2.22. The molecular formula is C12H16F3N3O. The van der Waals surface area contributed by atoms with E-state index in [1.807, 2.05) is 13.8 Å². The zero-order chi connectivity index (χ0) is 14.5. The van der Waals surface area contributed by atoms with Crippen LogP contribution >= 0.6 is 0 Å². The van der Waals surface area contributed by atoms with Crippen molar-refractivity contribution in [1.82, 2.24) is 9.88 Å². The minimum atomic E-state index is -4.30. The molecule has 0 radical (unpaired) electrons. The molecule has 4 nitrogen and oxygen atoms in total. The number of nitrogens with one attached hydrogen (secondary N) is 1. The molecule has 1 amide bonds. The zero-order valence-electron chi connectivity index (χ0n) is 10.8. The monoisotopic (exact) mass is 275 g/mol. The van der Waals surface area contributed by atoms with E-state index in [0.717, 1.165) is 0 Å². The van der Waals surface area contributed by atoms with Gasteiger partial charge in [0, 0.05) is 25.0 Å². The third-order valence-electron chi connectivity index (χ3n) is 2.52. The number of hydrogen-bond acceptors (Lipinski definition) is 3. The summed E-state index contributed by atoms with van der Waals surface area (Å²) >= 11 is 0. The van der Waals surface area contributed by atoms with Crippen LogP contribution in [0.25, 0.3) is 0 Å². The van der Waals surface area contributed by atoms with E-state index in [2.05, 4.69) is 10.3 Å². The fraction of sp³-hybridized carbons (Fsp3) is 0.500. The van der Waals surface area contributed by atoms with Gasteiger partial charge in [-0.15, -0.1) is 0 Å². The SMILES string of the molecule is CCN(CC)C(=O)c1cc(NCC(F)(F)F)ccn1. The van der Waals surface area contributed by atoms with E-state index in [1.54, 1.807) is 4.90 Å². The molecule has 0 fully saturated rings.